The summed E-state index contributed by atoms with van der Waals surface area (Å²) in [5, 5.41) is 8.65. The van der Waals surface area contributed by atoms with E-state index in [1.807, 2.05) is 40.6 Å². The molecule has 4 heterocycles. The molecule has 33 heavy (non-hydrogen) atoms. The van der Waals surface area contributed by atoms with Crippen molar-refractivity contribution < 1.29 is 13.2 Å². The molecule has 0 spiro atoms. The lowest BCUT2D eigenvalue weighted by Gasteiger charge is -2.32. The summed E-state index contributed by atoms with van der Waals surface area (Å²) in [6.07, 6.45) is 6.56. The Morgan fingerprint density at radius 3 is 2.64 bits per heavy atom. The molecule has 1 unspecified atom stereocenters. The number of hydrogen-bond donors (Lipinski definition) is 0. The molecule has 0 aliphatic carbocycles. The maximum atomic E-state index is 13.5. The normalized spacial score (nSPS) is 20.3. The number of carbonyl (C=O) groups is 1. The van der Waals surface area contributed by atoms with Crippen molar-refractivity contribution in [2.24, 2.45) is 0 Å². The van der Waals surface area contributed by atoms with Crippen LogP contribution in [0.15, 0.2) is 47.5 Å². The van der Waals surface area contributed by atoms with Gasteiger partial charge < -0.3 is 4.90 Å². The average Bonchev–Trinajstić information content (AvgIpc) is 3.29. The van der Waals surface area contributed by atoms with Gasteiger partial charge in [-0.25, -0.2) is 8.42 Å². The van der Waals surface area contributed by atoms with Crippen molar-refractivity contribution in [3.05, 3.63) is 59.5 Å². The van der Waals surface area contributed by atoms with Gasteiger partial charge in [-0.15, -0.1) is 10.2 Å². The predicted octanol–water partition coefficient (Wildman–Crippen LogP) is 3.23. The molecule has 2 aliphatic heterocycles. The number of likely N-dealkylation sites (tertiary alicyclic amines) is 1. The first-order chi connectivity index (χ1) is 15.9. The number of nitrogens with zero attached hydrogens (tertiary/aromatic N) is 5. The smallest absolute Gasteiger partial charge is 0.254 e. The summed E-state index contributed by atoms with van der Waals surface area (Å²) >= 11 is 0. The molecule has 3 aromatic rings. The first-order valence-corrected chi connectivity index (χ1v) is 13.1. The number of aromatic nitrogens is 3. The third-order valence-corrected chi connectivity index (χ3v) is 8.70. The number of pyridine rings is 1. The molecular weight excluding hydrogens is 438 g/mol. The first-order valence-electron chi connectivity index (χ1n) is 11.6. The quantitative estimate of drug-likeness (QED) is 0.588. The van der Waals surface area contributed by atoms with Crippen molar-refractivity contribution in [1.82, 2.24) is 23.8 Å². The molecule has 0 N–H and O–H groups in total. The van der Waals surface area contributed by atoms with Crippen molar-refractivity contribution in [3.8, 4) is 0 Å². The number of fused-ring (bicyclic) bond motifs is 1. The van der Waals surface area contributed by atoms with Gasteiger partial charge in [0.2, 0.25) is 10.0 Å². The summed E-state index contributed by atoms with van der Waals surface area (Å²) in [7, 11) is -3.60. The van der Waals surface area contributed by atoms with Gasteiger partial charge in [0.15, 0.2) is 5.65 Å². The molecule has 0 radical (unpaired) electrons. The van der Waals surface area contributed by atoms with Crippen LogP contribution in [0.1, 0.15) is 59.8 Å². The fraction of sp³-hybridized carbons (Fsp3) is 0.458. The Bertz CT molecular complexity index is 1280. The maximum Gasteiger partial charge on any atom is 0.254 e. The number of piperidine rings is 2. The largest absolute Gasteiger partial charge is 0.338 e. The minimum atomic E-state index is -3.60. The number of amides is 1. The number of carbonyl (C=O) groups excluding carboxylic acids is 1. The summed E-state index contributed by atoms with van der Waals surface area (Å²) < 4.78 is 29.9. The highest BCUT2D eigenvalue weighted by Crippen LogP contribution is 2.29. The second kappa shape index (κ2) is 8.87. The Balaban J connectivity index is 1.40. The molecule has 1 amide bonds. The monoisotopic (exact) mass is 467 g/mol. The molecule has 8 nitrogen and oxygen atoms in total. The Morgan fingerprint density at radius 1 is 1.00 bits per heavy atom. The van der Waals surface area contributed by atoms with Crippen LogP contribution in [0, 0.1) is 6.92 Å². The van der Waals surface area contributed by atoms with Crippen molar-refractivity contribution in [1.29, 1.82) is 0 Å². The summed E-state index contributed by atoms with van der Waals surface area (Å²) in [5.74, 6) is 0.823. The predicted molar refractivity (Wildman–Crippen MR) is 125 cm³/mol. The summed E-state index contributed by atoms with van der Waals surface area (Å²) in [6.45, 7) is 4.13. The molecule has 2 fully saturated rings. The van der Waals surface area contributed by atoms with Crippen LogP contribution in [0.2, 0.25) is 0 Å². The highest BCUT2D eigenvalue weighted by atomic mass is 32.2. The van der Waals surface area contributed by atoms with Crippen LogP contribution >= 0.6 is 0 Å². The topological polar surface area (TPSA) is 87.9 Å². The van der Waals surface area contributed by atoms with Gasteiger partial charge in [0.1, 0.15) is 5.82 Å². The van der Waals surface area contributed by atoms with Crippen LogP contribution in [0.4, 0.5) is 0 Å². The highest BCUT2D eigenvalue weighted by Gasteiger charge is 2.31. The molecule has 5 rings (SSSR count). The van der Waals surface area contributed by atoms with E-state index < -0.39 is 10.0 Å². The molecule has 1 atom stereocenters. The molecule has 2 aromatic heterocycles. The third-order valence-electron chi connectivity index (χ3n) is 6.81. The van der Waals surface area contributed by atoms with Gasteiger partial charge >= 0.3 is 0 Å². The molecule has 0 saturated carbocycles. The molecule has 174 valence electrons. The Kier molecular flexibility index (Phi) is 5.92. The van der Waals surface area contributed by atoms with E-state index in [0.717, 1.165) is 49.1 Å². The van der Waals surface area contributed by atoms with Crippen LogP contribution in [-0.2, 0) is 10.0 Å². The Labute approximate surface area is 194 Å². The molecule has 2 aliphatic rings. The van der Waals surface area contributed by atoms with Gasteiger partial charge in [-0.05, 0) is 62.4 Å². The fourth-order valence-electron chi connectivity index (χ4n) is 4.93. The van der Waals surface area contributed by atoms with Gasteiger partial charge in [0, 0.05) is 43.9 Å². The van der Waals surface area contributed by atoms with Gasteiger partial charge in [0.25, 0.3) is 5.91 Å². The van der Waals surface area contributed by atoms with E-state index in [2.05, 4.69) is 10.2 Å². The minimum absolute atomic E-state index is 0.0840. The van der Waals surface area contributed by atoms with E-state index in [4.69, 9.17) is 0 Å². The maximum absolute atomic E-state index is 13.5. The number of rotatable bonds is 4. The molecular formula is C24H29N5O3S. The first kappa shape index (κ1) is 22.0. The Hall–Kier alpha value is -2.78. The molecule has 0 bridgehead atoms. The third kappa shape index (κ3) is 4.15. The fourth-order valence-corrected chi connectivity index (χ4v) is 6.47. The van der Waals surface area contributed by atoms with Crippen LogP contribution in [-0.4, -0.2) is 64.3 Å². The molecule has 1 aromatic carbocycles. The van der Waals surface area contributed by atoms with Crippen molar-refractivity contribution in [2.75, 3.05) is 26.2 Å². The minimum Gasteiger partial charge on any atom is -0.338 e. The van der Waals surface area contributed by atoms with Crippen LogP contribution in [0.3, 0.4) is 0 Å². The van der Waals surface area contributed by atoms with Crippen molar-refractivity contribution in [2.45, 2.75) is 49.8 Å². The van der Waals surface area contributed by atoms with Gasteiger partial charge in [-0.3, -0.25) is 9.20 Å². The highest BCUT2D eigenvalue weighted by molar-refractivity contribution is 7.89. The number of sulfonamides is 1. The summed E-state index contributed by atoms with van der Waals surface area (Å²) in [6, 6.07) is 10.7. The van der Waals surface area contributed by atoms with Gasteiger partial charge in [-0.1, -0.05) is 18.6 Å². The van der Waals surface area contributed by atoms with Crippen molar-refractivity contribution >= 4 is 21.6 Å². The van der Waals surface area contributed by atoms with E-state index in [1.165, 1.54) is 0 Å². The Morgan fingerprint density at radius 2 is 1.82 bits per heavy atom. The summed E-state index contributed by atoms with van der Waals surface area (Å²) in [4.78, 5) is 15.6. The van der Waals surface area contributed by atoms with E-state index in [0.29, 0.717) is 31.7 Å². The lowest BCUT2D eigenvalue weighted by Crippen LogP contribution is -2.40. The van der Waals surface area contributed by atoms with E-state index in [9.17, 15) is 13.2 Å². The second-order valence-corrected chi connectivity index (χ2v) is 11.0. The SMILES string of the molecule is Cc1ccc(S(=O)(=O)N2CCCCC2)cc1C(=O)N1CCCC(c2nnc3ccccn23)C1. The average molecular weight is 468 g/mol. The standard InChI is InChI=1S/C24H29N5O3S/c1-18-10-11-20(33(31,32)28-13-4-2-5-14-28)16-21(18)24(30)27-12-7-8-19(17-27)23-26-25-22-9-3-6-15-29(22)23/h3,6,9-11,15-16,19H,2,4-5,7-8,12-14,17H2,1H3. The lowest BCUT2D eigenvalue weighted by atomic mass is 9.96. The van der Waals surface area contributed by atoms with E-state index >= 15 is 0 Å². The molecule has 2 saturated heterocycles. The van der Waals surface area contributed by atoms with Gasteiger partial charge in [0.05, 0.1) is 4.90 Å². The van der Waals surface area contributed by atoms with Crippen LogP contribution < -0.4 is 0 Å². The molecule has 9 heteroatoms. The second-order valence-electron chi connectivity index (χ2n) is 9.02. The number of aryl methyl sites for hydroxylation is 1. The zero-order chi connectivity index (χ0) is 23.0. The number of benzene rings is 1. The van der Waals surface area contributed by atoms with E-state index in [-0.39, 0.29) is 16.7 Å². The van der Waals surface area contributed by atoms with E-state index in [1.54, 1.807) is 22.5 Å². The lowest BCUT2D eigenvalue weighted by molar-refractivity contribution is 0.0703. The van der Waals surface area contributed by atoms with Crippen LogP contribution in [0.25, 0.3) is 5.65 Å². The zero-order valence-corrected chi connectivity index (χ0v) is 19.7. The van der Waals surface area contributed by atoms with Crippen LogP contribution in [0.5, 0.6) is 0 Å². The van der Waals surface area contributed by atoms with Gasteiger partial charge in [-0.2, -0.15) is 4.31 Å². The zero-order valence-electron chi connectivity index (χ0n) is 18.9. The summed E-state index contributed by atoms with van der Waals surface area (Å²) in [5.41, 5.74) is 2.04. The van der Waals surface area contributed by atoms with Crippen molar-refractivity contribution in [3.63, 3.8) is 0 Å². The number of hydrogen-bond acceptors (Lipinski definition) is 5.